The first-order valence-corrected chi connectivity index (χ1v) is 12.9. The van der Waals surface area contributed by atoms with Gasteiger partial charge in [-0.1, -0.05) is 18.2 Å². The van der Waals surface area contributed by atoms with Gasteiger partial charge in [0.15, 0.2) is 0 Å². The first-order valence-electron chi connectivity index (χ1n) is 12.0. The molecule has 3 aromatic heterocycles. The SMILES string of the molecule is CC(C)N1CCC(Cn2cc(C3=C(c4c[nH]c5ccsc45)C(=O)NC3=O)c3ccccc32)CC1. The molecule has 1 saturated heterocycles. The zero-order valence-electron chi connectivity index (χ0n) is 19.4. The van der Waals surface area contributed by atoms with Gasteiger partial charge in [-0.2, -0.15) is 0 Å². The van der Waals surface area contributed by atoms with Crippen LogP contribution in [0.2, 0.25) is 0 Å². The van der Waals surface area contributed by atoms with Gasteiger partial charge >= 0.3 is 0 Å². The summed E-state index contributed by atoms with van der Waals surface area (Å²) >= 11 is 1.58. The highest BCUT2D eigenvalue weighted by atomic mass is 32.1. The number of imide groups is 1. The largest absolute Gasteiger partial charge is 0.360 e. The van der Waals surface area contributed by atoms with Crippen molar-refractivity contribution in [1.82, 2.24) is 19.8 Å². The summed E-state index contributed by atoms with van der Waals surface area (Å²) in [5, 5.41) is 5.56. The molecule has 4 aromatic rings. The monoisotopic (exact) mass is 472 g/mol. The Labute approximate surface area is 202 Å². The standard InChI is InChI=1S/C27H28N4O2S/c1-16(2)30-10-7-17(8-11-30)14-31-15-20(18-5-3-4-6-22(18)31)24-23(26(32)29-27(24)33)19-13-28-21-9-12-34-25(19)21/h3-6,9,12-13,15-17,28H,7-8,10-11,14H2,1-2H3,(H,29,32,33). The van der Waals surface area contributed by atoms with E-state index >= 15 is 0 Å². The molecule has 7 heteroatoms. The van der Waals surface area contributed by atoms with E-state index in [2.05, 4.69) is 51.9 Å². The number of para-hydroxylation sites is 1. The number of fused-ring (bicyclic) bond motifs is 2. The van der Waals surface area contributed by atoms with Crippen molar-refractivity contribution in [3.05, 3.63) is 59.2 Å². The predicted octanol–water partition coefficient (Wildman–Crippen LogP) is 4.87. The van der Waals surface area contributed by atoms with Crippen LogP contribution in [0, 0.1) is 5.92 Å². The molecule has 2 N–H and O–H groups in total. The number of amides is 2. The molecule has 0 spiro atoms. The van der Waals surface area contributed by atoms with E-state index in [9.17, 15) is 9.59 Å². The van der Waals surface area contributed by atoms with E-state index in [1.165, 1.54) is 12.8 Å². The number of nitrogens with zero attached hydrogens (tertiary/aromatic N) is 2. The molecule has 5 heterocycles. The number of hydrogen-bond acceptors (Lipinski definition) is 4. The molecule has 6 nitrogen and oxygen atoms in total. The minimum absolute atomic E-state index is 0.320. The molecule has 0 aliphatic carbocycles. The quantitative estimate of drug-likeness (QED) is 0.407. The van der Waals surface area contributed by atoms with Crippen LogP contribution in [0.3, 0.4) is 0 Å². The van der Waals surface area contributed by atoms with Gasteiger partial charge in [-0.3, -0.25) is 14.9 Å². The van der Waals surface area contributed by atoms with Gasteiger partial charge in [-0.05, 0) is 63.2 Å². The molecule has 1 aromatic carbocycles. The Morgan fingerprint density at radius 2 is 1.76 bits per heavy atom. The van der Waals surface area contributed by atoms with Crippen LogP contribution in [0.1, 0.15) is 37.8 Å². The van der Waals surface area contributed by atoms with Crippen LogP contribution in [-0.4, -0.2) is 45.4 Å². The molecule has 0 unspecified atom stereocenters. The van der Waals surface area contributed by atoms with Crippen molar-refractivity contribution in [3.63, 3.8) is 0 Å². The van der Waals surface area contributed by atoms with Gasteiger partial charge < -0.3 is 14.5 Å². The number of thiophene rings is 1. The molecule has 0 saturated carbocycles. The Kier molecular flexibility index (Phi) is 5.19. The minimum atomic E-state index is -0.327. The van der Waals surface area contributed by atoms with Crippen LogP contribution in [-0.2, 0) is 16.1 Å². The van der Waals surface area contributed by atoms with Crippen molar-refractivity contribution in [2.75, 3.05) is 13.1 Å². The third-order valence-electron chi connectivity index (χ3n) is 7.37. The van der Waals surface area contributed by atoms with E-state index in [-0.39, 0.29) is 11.8 Å². The number of aromatic nitrogens is 2. The van der Waals surface area contributed by atoms with E-state index < -0.39 is 0 Å². The molecular formula is C27H28N4O2S. The van der Waals surface area contributed by atoms with Gasteiger partial charge in [0, 0.05) is 47.0 Å². The minimum Gasteiger partial charge on any atom is -0.360 e. The lowest BCUT2D eigenvalue weighted by Crippen LogP contribution is -2.39. The van der Waals surface area contributed by atoms with Crippen LogP contribution in [0.5, 0.6) is 0 Å². The summed E-state index contributed by atoms with van der Waals surface area (Å²) in [5.41, 5.74) is 4.66. The maximum atomic E-state index is 13.1. The summed E-state index contributed by atoms with van der Waals surface area (Å²) < 4.78 is 3.29. The summed E-state index contributed by atoms with van der Waals surface area (Å²) in [6.45, 7) is 7.71. The molecule has 2 aliphatic heterocycles. The van der Waals surface area contributed by atoms with Gasteiger partial charge in [-0.15, -0.1) is 11.3 Å². The van der Waals surface area contributed by atoms with Crippen molar-refractivity contribution < 1.29 is 9.59 Å². The second-order valence-electron chi connectivity index (χ2n) is 9.68. The highest BCUT2D eigenvalue weighted by Crippen LogP contribution is 2.39. The molecule has 0 atom stereocenters. The van der Waals surface area contributed by atoms with Crippen molar-refractivity contribution in [2.24, 2.45) is 5.92 Å². The van der Waals surface area contributed by atoms with Gasteiger partial charge in [0.05, 0.1) is 21.4 Å². The summed E-state index contributed by atoms with van der Waals surface area (Å²) in [6.07, 6.45) is 6.28. The topological polar surface area (TPSA) is 70.1 Å². The third-order valence-corrected chi connectivity index (χ3v) is 8.32. The number of H-pyrrole nitrogens is 1. The van der Waals surface area contributed by atoms with Crippen LogP contribution in [0.4, 0.5) is 0 Å². The molecular weight excluding hydrogens is 444 g/mol. The zero-order chi connectivity index (χ0) is 23.4. The highest BCUT2D eigenvalue weighted by molar-refractivity contribution is 7.17. The van der Waals surface area contributed by atoms with Crippen LogP contribution in [0.15, 0.2) is 48.1 Å². The van der Waals surface area contributed by atoms with Crippen LogP contribution < -0.4 is 5.32 Å². The number of aromatic amines is 1. The molecule has 174 valence electrons. The lowest BCUT2D eigenvalue weighted by atomic mass is 9.96. The number of nitrogens with one attached hydrogen (secondary N) is 2. The average molecular weight is 473 g/mol. The number of rotatable bonds is 5. The van der Waals surface area contributed by atoms with Crippen molar-refractivity contribution >= 4 is 55.4 Å². The number of benzene rings is 1. The van der Waals surface area contributed by atoms with Gasteiger partial charge in [-0.25, -0.2) is 0 Å². The zero-order valence-corrected chi connectivity index (χ0v) is 20.2. The van der Waals surface area contributed by atoms with E-state index in [0.717, 1.165) is 51.9 Å². The summed E-state index contributed by atoms with van der Waals surface area (Å²) in [4.78, 5) is 31.8. The maximum absolute atomic E-state index is 13.1. The molecule has 2 amide bonds. The van der Waals surface area contributed by atoms with Gasteiger partial charge in [0.25, 0.3) is 11.8 Å². The van der Waals surface area contributed by atoms with Crippen LogP contribution >= 0.6 is 11.3 Å². The van der Waals surface area contributed by atoms with E-state index in [0.29, 0.717) is 23.1 Å². The summed E-state index contributed by atoms with van der Waals surface area (Å²) in [5.74, 6) is -0.0483. The third kappa shape index (κ3) is 3.42. The number of carbonyl (C=O) groups excluding carboxylic acids is 2. The Morgan fingerprint density at radius 3 is 2.53 bits per heavy atom. The number of likely N-dealkylation sites (tertiary alicyclic amines) is 1. The normalized spacial score (nSPS) is 18.2. The summed E-state index contributed by atoms with van der Waals surface area (Å²) in [6, 6.07) is 10.8. The molecule has 2 aliphatic rings. The molecule has 0 bridgehead atoms. The smallest absolute Gasteiger partial charge is 0.259 e. The predicted molar refractivity (Wildman–Crippen MR) is 138 cm³/mol. The molecule has 34 heavy (non-hydrogen) atoms. The number of carbonyl (C=O) groups is 2. The first-order chi connectivity index (χ1) is 16.5. The Morgan fingerprint density at radius 1 is 1.03 bits per heavy atom. The first kappa shape index (κ1) is 21.4. The highest BCUT2D eigenvalue weighted by Gasteiger charge is 2.35. The van der Waals surface area contributed by atoms with E-state index in [4.69, 9.17) is 0 Å². The lowest BCUT2D eigenvalue weighted by Gasteiger charge is -2.34. The van der Waals surface area contributed by atoms with E-state index in [1.54, 1.807) is 11.3 Å². The van der Waals surface area contributed by atoms with Gasteiger partial charge in [0.1, 0.15) is 0 Å². The fourth-order valence-corrected chi connectivity index (χ4v) is 6.41. The fourth-order valence-electron chi connectivity index (χ4n) is 5.53. The van der Waals surface area contributed by atoms with Gasteiger partial charge in [0.2, 0.25) is 0 Å². The fraction of sp³-hybridized carbons (Fsp3) is 0.333. The number of piperidine rings is 1. The number of hydrogen-bond donors (Lipinski definition) is 2. The Bertz CT molecular complexity index is 1450. The van der Waals surface area contributed by atoms with Crippen molar-refractivity contribution in [3.8, 4) is 0 Å². The van der Waals surface area contributed by atoms with Crippen LogP contribution in [0.25, 0.3) is 32.3 Å². The van der Waals surface area contributed by atoms with Crippen molar-refractivity contribution in [1.29, 1.82) is 0 Å². The lowest BCUT2D eigenvalue weighted by molar-refractivity contribution is -0.122. The molecule has 0 radical (unpaired) electrons. The second kappa shape index (κ2) is 8.25. The van der Waals surface area contributed by atoms with Crippen molar-refractivity contribution in [2.45, 2.75) is 39.3 Å². The molecule has 1 fully saturated rings. The second-order valence-corrected chi connectivity index (χ2v) is 10.6. The summed E-state index contributed by atoms with van der Waals surface area (Å²) in [7, 11) is 0. The molecule has 6 rings (SSSR count). The Hall–Kier alpha value is -3.16. The Balaban J connectivity index is 1.44. The maximum Gasteiger partial charge on any atom is 0.259 e. The average Bonchev–Trinajstić information content (AvgIpc) is 3.58. The van der Waals surface area contributed by atoms with E-state index in [1.807, 2.05) is 29.8 Å².